The Morgan fingerprint density at radius 1 is 1.48 bits per heavy atom. The van der Waals surface area contributed by atoms with Crippen molar-refractivity contribution in [2.45, 2.75) is 35.9 Å². The average molecular weight is 375 g/mol. The number of fused-ring (bicyclic) bond motifs is 1. The first-order chi connectivity index (χ1) is 10.6. The fourth-order valence-electron chi connectivity index (χ4n) is 4.11. The molecule has 0 N–H and O–H groups in total. The molecule has 5 unspecified atom stereocenters. The van der Waals surface area contributed by atoms with Crippen LogP contribution < -0.4 is 5.26 Å². The Morgan fingerprint density at radius 2 is 2.17 bits per heavy atom. The summed E-state index contributed by atoms with van der Waals surface area (Å²) in [6, 6.07) is 0. The van der Waals surface area contributed by atoms with Crippen LogP contribution in [0.4, 0.5) is 8.78 Å². The predicted molar refractivity (Wildman–Crippen MR) is 67.6 cm³/mol. The molecule has 132 valence electrons. The third-order valence-corrected chi connectivity index (χ3v) is 7.40. The number of esters is 1. The summed E-state index contributed by atoms with van der Waals surface area (Å²) >= 11 is -0.771. The van der Waals surface area contributed by atoms with Gasteiger partial charge in [-0.2, -0.15) is 21.5 Å². The molecule has 12 heteroatoms. The van der Waals surface area contributed by atoms with Crippen LogP contribution in [0.15, 0.2) is 0 Å². The number of carbonyl (C=O) groups excluding carboxylic acids is 1. The van der Waals surface area contributed by atoms with E-state index in [1.165, 1.54) is 0 Å². The standard InChI is InChI=1S/C11H14F2O8S2/c1-10-6-2-5(3-8(6)23(16,17)19-10)7(10)4-18-9(14)11(12,13)22-21-20-15/h5-8,15H,2-4H2,1H3/p-1. The van der Waals surface area contributed by atoms with Crippen LogP contribution in [0, 0.1) is 17.8 Å². The molecule has 0 amide bonds. The van der Waals surface area contributed by atoms with E-state index in [1.807, 2.05) is 0 Å². The Labute approximate surface area is 134 Å². The maximum Gasteiger partial charge on any atom is 0.415 e. The fourth-order valence-corrected chi connectivity index (χ4v) is 6.49. The van der Waals surface area contributed by atoms with Crippen LogP contribution in [0.2, 0.25) is 0 Å². The summed E-state index contributed by atoms with van der Waals surface area (Å²) < 4.78 is 63.7. The van der Waals surface area contributed by atoms with Crippen LogP contribution in [0.25, 0.3) is 0 Å². The predicted octanol–water partition coefficient (Wildman–Crippen LogP) is 0.137. The molecule has 5 atom stereocenters. The SMILES string of the molecule is CC12OS(=O)(=O)C3CC(CC31)C2COC(=O)C(F)(F)SOO[O-]. The number of hydrogen-bond acceptors (Lipinski definition) is 9. The first kappa shape index (κ1) is 17.3. The molecule has 0 aromatic carbocycles. The summed E-state index contributed by atoms with van der Waals surface area (Å²) in [6.07, 6.45) is 0.976. The van der Waals surface area contributed by atoms with Crippen LogP contribution in [0.3, 0.4) is 0 Å². The van der Waals surface area contributed by atoms with Crippen LogP contribution >= 0.6 is 12.0 Å². The smallest absolute Gasteiger partial charge is 0.415 e. The first-order valence-corrected chi connectivity index (χ1v) is 8.97. The molecule has 0 aromatic heterocycles. The summed E-state index contributed by atoms with van der Waals surface area (Å²) in [5.74, 6) is -2.67. The Hall–Kier alpha value is -0.530. The molecule has 1 heterocycles. The van der Waals surface area contributed by atoms with Gasteiger partial charge in [-0.1, -0.05) is 0 Å². The molecule has 0 radical (unpaired) electrons. The van der Waals surface area contributed by atoms with Gasteiger partial charge in [0.2, 0.25) is 0 Å². The van der Waals surface area contributed by atoms with Crippen molar-refractivity contribution in [1.29, 1.82) is 0 Å². The van der Waals surface area contributed by atoms with E-state index >= 15 is 0 Å². The van der Waals surface area contributed by atoms with Crippen molar-refractivity contribution in [3.05, 3.63) is 0 Å². The molecule has 0 aromatic rings. The molecule has 1 aliphatic heterocycles. The van der Waals surface area contributed by atoms with Gasteiger partial charge in [-0.05, 0) is 25.7 Å². The van der Waals surface area contributed by atoms with E-state index in [2.05, 4.69) is 14.1 Å². The highest BCUT2D eigenvalue weighted by Gasteiger charge is 2.70. The number of halogens is 2. The average Bonchev–Trinajstić information content (AvgIpc) is 3.02. The van der Waals surface area contributed by atoms with Crippen LogP contribution in [-0.2, 0) is 33.2 Å². The minimum absolute atomic E-state index is 0.0671. The Morgan fingerprint density at radius 3 is 2.83 bits per heavy atom. The quantitative estimate of drug-likeness (QED) is 0.210. The van der Waals surface area contributed by atoms with Gasteiger partial charge in [-0.15, -0.1) is 0 Å². The van der Waals surface area contributed by atoms with Gasteiger partial charge in [0.15, 0.2) is 0 Å². The van der Waals surface area contributed by atoms with Gasteiger partial charge in [0.05, 0.1) is 17.5 Å². The van der Waals surface area contributed by atoms with Gasteiger partial charge in [0.25, 0.3) is 10.1 Å². The van der Waals surface area contributed by atoms with E-state index in [0.717, 1.165) is 0 Å². The van der Waals surface area contributed by atoms with Gasteiger partial charge in [-0.25, -0.2) is 4.79 Å². The molecule has 1 saturated heterocycles. The maximum atomic E-state index is 13.3. The lowest BCUT2D eigenvalue weighted by atomic mass is 9.77. The second kappa shape index (κ2) is 5.49. The Bertz CT molecular complexity index is 611. The lowest BCUT2D eigenvalue weighted by Gasteiger charge is -2.33. The van der Waals surface area contributed by atoms with Gasteiger partial charge < -0.3 is 9.99 Å². The summed E-state index contributed by atoms with van der Waals surface area (Å²) in [5, 5.41) is 7.62. The number of alkyl halides is 2. The molecule has 0 spiro atoms. The molecule has 2 aliphatic carbocycles. The number of carbonyl (C=O) groups is 1. The molecule has 2 bridgehead atoms. The van der Waals surface area contributed by atoms with Crippen molar-refractivity contribution in [3.63, 3.8) is 0 Å². The number of ether oxygens (including phenoxy) is 1. The Balaban J connectivity index is 1.65. The van der Waals surface area contributed by atoms with Gasteiger partial charge in [-0.3, -0.25) is 9.22 Å². The van der Waals surface area contributed by atoms with Crippen molar-refractivity contribution in [2.24, 2.45) is 17.8 Å². The third-order valence-electron chi connectivity index (χ3n) is 5.05. The highest BCUT2D eigenvalue weighted by Crippen LogP contribution is 2.63. The van der Waals surface area contributed by atoms with E-state index in [1.54, 1.807) is 6.92 Å². The van der Waals surface area contributed by atoms with E-state index < -0.39 is 56.8 Å². The maximum absolute atomic E-state index is 13.3. The summed E-state index contributed by atoms with van der Waals surface area (Å²) in [6.45, 7) is 1.21. The molecule has 2 saturated carbocycles. The van der Waals surface area contributed by atoms with Crippen LogP contribution in [0.1, 0.15) is 19.8 Å². The van der Waals surface area contributed by atoms with Crippen LogP contribution in [0.5, 0.6) is 0 Å². The molecule has 23 heavy (non-hydrogen) atoms. The fraction of sp³-hybridized carbons (Fsp3) is 0.909. The summed E-state index contributed by atoms with van der Waals surface area (Å²) in [7, 11) is -3.67. The highest BCUT2D eigenvalue weighted by atomic mass is 32.2. The van der Waals surface area contributed by atoms with Crippen LogP contribution in [-0.4, -0.2) is 37.1 Å². The van der Waals surface area contributed by atoms with Gasteiger partial charge in [0, 0.05) is 11.8 Å². The Kier molecular flexibility index (Phi) is 4.13. The minimum atomic E-state index is -4.12. The lowest BCUT2D eigenvalue weighted by Crippen LogP contribution is -2.44. The van der Waals surface area contributed by atoms with E-state index in [9.17, 15) is 27.3 Å². The second-order valence-corrected chi connectivity index (χ2v) is 8.65. The highest BCUT2D eigenvalue weighted by molar-refractivity contribution is 7.96. The van der Waals surface area contributed by atoms with E-state index in [4.69, 9.17) is 4.18 Å². The molecule has 3 rings (SSSR count). The zero-order chi connectivity index (χ0) is 17.0. The molecule has 3 fully saturated rings. The number of rotatable bonds is 6. The lowest BCUT2D eigenvalue weighted by molar-refractivity contribution is -0.777. The number of hydrogen-bond donors (Lipinski definition) is 0. The molecule has 8 nitrogen and oxygen atoms in total. The summed E-state index contributed by atoms with van der Waals surface area (Å²) in [5.41, 5.74) is -1.04. The molecular weight excluding hydrogens is 362 g/mol. The van der Waals surface area contributed by atoms with Gasteiger partial charge >= 0.3 is 11.2 Å². The van der Waals surface area contributed by atoms with Crippen molar-refractivity contribution >= 4 is 28.1 Å². The summed E-state index contributed by atoms with van der Waals surface area (Å²) in [4.78, 5) is 11.4. The van der Waals surface area contributed by atoms with E-state index in [0.29, 0.717) is 12.8 Å². The first-order valence-electron chi connectivity index (χ1n) is 6.75. The van der Waals surface area contributed by atoms with Crippen molar-refractivity contribution in [2.75, 3.05) is 6.61 Å². The second-order valence-electron chi connectivity index (χ2n) is 6.08. The minimum Gasteiger partial charge on any atom is -0.691 e. The monoisotopic (exact) mass is 375 g/mol. The normalized spacial score (nSPS) is 40.5. The third kappa shape index (κ3) is 2.65. The van der Waals surface area contributed by atoms with Crippen molar-refractivity contribution < 1.29 is 45.5 Å². The molecule has 3 aliphatic rings. The van der Waals surface area contributed by atoms with Crippen molar-refractivity contribution in [1.82, 2.24) is 0 Å². The largest absolute Gasteiger partial charge is 0.691 e. The van der Waals surface area contributed by atoms with Crippen molar-refractivity contribution in [3.8, 4) is 0 Å². The zero-order valence-corrected chi connectivity index (χ0v) is 13.4. The molecular formula is C11H13F2O8S2-. The zero-order valence-electron chi connectivity index (χ0n) is 11.8. The van der Waals surface area contributed by atoms with Gasteiger partial charge in [0.1, 0.15) is 12.0 Å². The topological polar surface area (TPSA) is 111 Å². The van der Waals surface area contributed by atoms with E-state index in [-0.39, 0.29) is 11.8 Å².